The van der Waals surface area contributed by atoms with Gasteiger partial charge < -0.3 is 5.11 Å². The molecule has 0 aliphatic carbocycles. The van der Waals surface area contributed by atoms with Crippen LogP contribution in [-0.2, 0) is 0 Å². The largest absolute Gasteiger partial charge is 0.393 e. The van der Waals surface area contributed by atoms with Crippen molar-refractivity contribution >= 4 is 0 Å². The third-order valence-electron chi connectivity index (χ3n) is 2.44. The summed E-state index contributed by atoms with van der Waals surface area (Å²) in [4.78, 5) is 0. The summed E-state index contributed by atoms with van der Waals surface area (Å²) in [5, 5.41) is 9.53. The van der Waals surface area contributed by atoms with Gasteiger partial charge in [0.15, 0.2) is 0 Å². The highest BCUT2D eigenvalue weighted by Gasteiger charge is 1.98. The summed E-state index contributed by atoms with van der Waals surface area (Å²) in [6.45, 7) is 4.38. The van der Waals surface area contributed by atoms with Gasteiger partial charge in [0.2, 0.25) is 0 Å². The molecular formula is C13H26O. The van der Waals surface area contributed by atoms with Gasteiger partial charge in [-0.1, -0.05) is 51.7 Å². The first-order valence-electron chi connectivity index (χ1n) is 6.14. The standard InChI is InChI=1S/C13H26O/c1-3-5-7-8-9-10-12-13(14)11-6-4-2/h9-10,13-14H,3-8,11-12H2,1-2H3/b10-9+. The van der Waals surface area contributed by atoms with Crippen LogP contribution in [0.1, 0.15) is 65.2 Å². The molecule has 1 unspecified atom stereocenters. The second-order valence-corrected chi connectivity index (χ2v) is 4.00. The van der Waals surface area contributed by atoms with E-state index in [9.17, 15) is 5.11 Å². The van der Waals surface area contributed by atoms with Gasteiger partial charge in [-0.3, -0.25) is 0 Å². The molecule has 0 aliphatic rings. The highest BCUT2D eigenvalue weighted by molar-refractivity contribution is 4.83. The van der Waals surface area contributed by atoms with Crippen molar-refractivity contribution in [3.05, 3.63) is 12.2 Å². The van der Waals surface area contributed by atoms with Crippen LogP contribution in [0.3, 0.4) is 0 Å². The van der Waals surface area contributed by atoms with Crippen LogP contribution in [0.25, 0.3) is 0 Å². The third kappa shape index (κ3) is 9.79. The van der Waals surface area contributed by atoms with Crippen molar-refractivity contribution in [1.82, 2.24) is 0 Å². The zero-order valence-corrected chi connectivity index (χ0v) is 9.84. The van der Waals surface area contributed by atoms with Crippen molar-refractivity contribution in [2.24, 2.45) is 0 Å². The van der Waals surface area contributed by atoms with Gasteiger partial charge in [0.1, 0.15) is 0 Å². The van der Waals surface area contributed by atoms with Crippen LogP contribution >= 0.6 is 0 Å². The Morgan fingerprint density at radius 1 is 1.00 bits per heavy atom. The molecule has 0 radical (unpaired) electrons. The van der Waals surface area contributed by atoms with E-state index in [0.29, 0.717) is 0 Å². The molecule has 0 bridgehead atoms. The lowest BCUT2D eigenvalue weighted by molar-refractivity contribution is 0.164. The minimum Gasteiger partial charge on any atom is -0.393 e. The summed E-state index contributed by atoms with van der Waals surface area (Å²) in [5.74, 6) is 0. The van der Waals surface area contributed by atoms with Gasteiger partial charge in [0.25, 0.3) is 0 Å². The van der Waals surface area contributed by atoms with Crippen molar-refractivity contribution < 1.29 is 5.11 Å². The first-order chi connectivity index (χ1) is 6.81. The lowest BCUT2D eigenvalue weighted by Gasteiger charge is -2.05. The monoisotopic (exact) mass is 198 g/mol. The molecule has 0 saturated carbocycles. The molecule has 1 N–H and O–H groups in total. The van der Waals surface area contributed by atoms with Crippen LogP contribution in [0.15, 0.2) is 12.2 Å². The topological polar surface area (TPSA) is 20.2 Å². The van der Waals surface area contributed by atoms with E-state index in [0.717, 1.165) is 19.3 Å². The van der Waals surface area contributed by atoms with E-state index in [2.05, 4.69) is 26.0 Å². The summed E-state index contributed by atoms with van der Waals surface area (Å²) in [6, 6.07) is 0. The normalized spacial score (nSPS) is 13.6. The van der Waals surface area contributed by atoms with Crippen LogP contribution < -0.4 is 0 Å². The van der Waals surface area contributed by atoms with Crippen LogP contribution in [0, 0.1) is 0 Å². The Morgan fingerprint density at radius 3 is 2.36 bits per heavy atom. The fourth-order valence-electron chi connectivity index (χ4n) is 1.44. The van der Waals surface area contributed by atoms with E-state index in [1.807, 2.05) is 0 Å². The zero-order chi connectivity index (χ0) is 10.6. The fraction of sp³-hybridized carbons (Fsp3) is 0.846. The first kappa shape index (κ1) is 13.7. The average molecular weight is 198 g/mol. The van der Waals surface area contributed by atoms with E-state index in [1.165, 1.54) is 32.1 Å². The highest BCUT2D eigenvalue weighted by atomic mass is 16.3. The number of aliphatic hydroxyl groups excluding tert-OH is 1. The minimum absolute atomic E-state index is 0.114. The van der Waals surface area contributed by atoms with Crippen molar-refractivity contribution in [2.45, 2.75) is 71.3 Å². The summed E-state index contributed by atoms with van der Waals surface area (Å²) in [5.41, 5.74) is 0. The van der Waals surface area contributed by atoms with Gasteiger partial charge in [0, 0.05) is 0 Å². The quantitative estimate of drug-likeness (QED) is 0.437. The molecule has 0 saturated heterocycles. The van der Waals surface area contributed by atoms with Crippen LogP contribution in [0.2, 0.25) is 0 Å². The van der Waals surface area contributed by atoms with Crippen molar-refractivity contribution in [2.75, 3.05) is 0 Å². The van der Waals surface area contributed by atoms with E-state index in [4.69, 9.17) is 0 Å². The number of aliphatic hydroxyl groups is 1. The van der Waals surface area contributed by atoms with Gasteiger partial charge in [0.05, 0.1) is 6.10 Å². The molecule has 84 valence electrons. The average Bonchev–Trinajstić information content (AvgIpc) is 2.20. The van der Waals surface area contributed by atoms with Gasteiger partial charge in [-0.2, -0.15) is 0 Å². The Kier molecular flexibility index (Phi) is 10.5. The molecule has 0 aromatic carbocycles. The molecule has 0 aromatic heterocycles. The predicted molar refractivity (Wildman–Crippen MR) is 63.4 cm³/mol. The number of hydrogen-bond donors (Lipinski definition) is 1. The Labute approximate surface area is 89.2 Å². The molecular weight excluding hydrogens is 172 g/mol. The lowest BCUT2D eigenvalue weighted by Crippen LogP contribution is -2.03. The first-order valence-corrected chi connectivity index (χ1v) is 6.14. The van der Waals surface area contributed by atoms with Gasteiger partial charge in [-0.25, -0.2) is 0 Å². The van der Waals surface area contributed by atoms with Crippen LogP contribution in [0.4, 0.5) is 0 Å². The number of unbranched alkanes of at least 4 members (excludes halogenated alkanes) is 4. The maximum Gasteiger partial charge on any atom is 0.0574 e. The maximum absolute atomic E-state index is 9.53. The van der Waals surface area contributed by atoms with Crippen molar-refractivity contribution in [3.8, 4) is 0 Å². The minimum atomic E-state index is -0.114. The molecule has 1 atom stereocenters. The molecule has 0 fully saturated rings. The number of allylic oxidation sites excluding steroid dienone is 1. The highest BCUT2D eigenvalue weighted by Crippen LogP contribution is 2.06. The summed E-state index contributed by atoms with van der Waals surface area (Å²) < 4.78 is 0. The van der Waals surface area contributed by atoms with Gasteiger partial charge in [-0.05, 0) is 25.7 Å². The SMILES string of the molecule is CCCCC/C=C/CC(O)CCCC. The summed E-state index contributed by atoms with van der Waals surface area (Å²) in [6.07, 6.45) is 13.4. The lowest BCUT2D eigenvalue weighted by atomic mass is 10.1. The molecule has 1 nitrogen and oxygen atoms in total. The number of hydrogen-bond acceptors (Lipinski definition) is 1. The van der Waals surface area contributed by atoms with Gasteiger partial charge >= 0.3 is 0 Å². The molecule has 1 heteroatoms. The zero-order valence-electron chi connectivity index (χ0n) is 9.84. The molecule has 0 aromatic rings. The van der Waals surface area contributed by atoms with Gasteiger partial charge in [-0.15, -0.1) is 0 Å². The maximum atomic E-state index is 9.53. The van der Waals surface area contributed by atoms with Crippen LogP contribution in [-0.4, -0.2) is 11.2 Å². The fourth-order valence-corrected chi connectivity index (χ4v) is 1.44. The molecule has 0 heterocycles. The molecule has 14 heavy (non-hydrogen) atoms. The molecule has 0 amide bonds. The van der Waals surface area contributed by atoms with E-state index >= 15 is 0 Å². The Hall–Kier alpha value is -0.300. The molecule has 0 rings (SSSR count). The van der Waals surface area contributed by atoms with E-state index in [1.54, 1.807) is 0 Å². The predicted octanol–water partition coefficient (Wildman–Crippen LogP) is 4.06. The van der Waals surface area contributed by atoms with Crippen LogP contribution in [0.5, 0.6) is 0 Å². The number of rotatable bonds is 9. The third-order valence-corrected chi connectivity index (χ3v) is 2.44. The summed E-state index contributed by atoms with van der Waals surface area (Å²) >= 11 is 0. The second-order valence-electron chi connectivity index (χ2n) is 4.00. The molecule has 0 spiro atoms. The van der Waals surface area contributed by atoms with Crippen molar-refractivity contribution in [3.63, 3.8) is 0 Å². The van der Waals surface area contributed by atoms with E-state index in [-0.39, 0.29) is 6.10 Å². The molecule has 0 aliphatic heterocycles. The Balaban J connectivity index is 3.23. The van der Waals surface area contributed by atoms with Crippen molar-refractivity contribution in [1.29, 1.82) is 0 Å². The Bertz CT molecular complexity index is 129. The second kappa shape index (κ2) is 10.8. The smallest absolute Gasteiger partial charge is 0.0574 e. The summed E-state index contributed by atoms with van der Waals surface area (Å²) in [7, 11) is 0. The Morgan fingerprint density at radius 2 is 1.71 bits per heavy atom. The van der Waals surface area contributed by atoms with E-state index < -0.39 is 0 Å².